The zero-order chi connectivity index (χ0) is 22.2. The molecule has 0 aliphatic carbocycles. The molecule has 0 aromatic heterocycles. The number of carbonyl (C=O) groups is 2. The first-order valence-electron chi connectivity index (χ1n) is 11.0. The van der Waals surface area contributed by atoms with E-state index in [4.69, 9.17) is 14.2 Å². The zero-order valence-corrected chi connectivity index (χ0v) is 20.0. The lowest BCUT2D eigenvalue weighted by molar-refractivity contribution is -0.140. The van der Waals surface area contributed by atoms with Gasteiger partial charge in [-0.05, 0) is 31.5 Å². The second kappa shape index (κ2) is 11.7. The van der Waals surface area contributed by atoms with Gasteiger partial charge in [0.2, 0.25) is 11.8 Å². The van der Waals surface area contributed by atoms with Crippen LogP contribution in [0.1, 0.15) is 19.4 Å². The van der Waals surface area contributed by atoms with E-state index < -0.39 is 0 Å². The molecule has 2 amide bonds. The third-order valence-electron chi connectivity index (χ3n) is 5.50. The lowest BCUT2D eigenvalue weighted by Gasteiger charge is -2.36. The van der Waals surface area contributed by atoms with Gasteiger partial charge in [-0.15, -0.1) is 0 Å². The molecule has 2 saturated heterocycles. The Labute approximate surface area is 192 Å². The average molecular weight is 498 g/mol. The van der Waals surface area contributed by atoms with E-state index in [-0.39, 0.29) is 18.2 Å². The third kappa shape index (κ3) is 6.57. The van der Waals surface area contributed by atoms with Gasteiger partial charge < -0.3 is 24.0 Å². The van der Waals surface area contributed by atoms with E-state index in [2.05, 4.69) is 20.8 Å². The average Bonchev–Trinajstić information content (AvgIpc) is 2.78. The molecule has 0 saturated carbocycles. The number of halogens is 1. The van der Waals surface area contributed by atoms with E-state index in [1.165, 1.54) is 0 Å². The molecule has 0 unspecified atom stereocenters. The number of ether oxygens (including phenoxy) is 3. The lowest BCUT2D eigenvalue weighted by Crippen LogP contribution is -2.53. The predicted molar refractivity (Wildman–Crippen MR) is 121 cm³/mol. The molecule has 9 heteroatoms. The molecule has 2 fully saturated rings. The van der Waals surface area contributed by atoms with Gasteiger partial charge in [-0.25, -0.2) is 0 Å². The van der Waals surface area contributed by atoms with Gasteiger partial charge in [0, 0.05) is 43.7 Å². The maximum Gasteiger partial charge on any atom is 0.236 e. The van der Waals surface area contributed by atoms with Gasteiger partial charge >= 0.3 is 0 Å². The molecular weight excluding hydrogens is 466 g/mol. The van der Waals surface area contributed by atoms with Crippen LogP contribution in [0.5, 0.6) is 11.5 Å². The van der Waals surface area contributed by atoms with Crippen molar-refractivity contribution in [2.45, 2.75) is 20.3 Å². The molecule has 0 N–H and O–H groups in total. The highest BCUT2D eigenvalue weighted by Gasteiger charge is 2.26. The number of hydrogen-bond acceptors (Lipinski definition) is 6. The summed E-state index contributed by atoms with van der Waals surface area (Å²) in [7, 11) is 0. The summed E-state index contributed by atoms with van der Waals surface area (Å²) < 4.78 is 17.5. The summed E-state index contributed by atoms with van der Waals surface area (Å²) >= 11 is 3.56. The van der Waals surface area contributed by atoms with Crippen LogP contribution in [0.3, 0.4) is 0 Å². The SMILES string of the molecule is CCOc1cc(Br)c(CC(=O)N2CCN(C(=O)CN3CCOCC3)CC2)cc1OCC. The van der Waals surface area contributed by atoms with Crippen molar-refractivity contribution in [2.24, 2.45) is 0 Å². The summed E-state index contributed by atoms with van der Waals surface area (Å²) in [6.07, 6.45) is 0.273. The van der Waals surface area contributed by atoms with Gasteiger partial charge in [0.05, 0.1) is 39.4 Å². The maximum atomic E-state index is 12.9. The van der Waals surface area contributed by atoms with Gasteiger partial charge in [0.25, 0.3) is 0 Å². The van der Waals surface area contributed by atoms with Gasteiger partial charge in [0.15, 0.2) is 11.5 Å². The summed E-state index contributed by atoms with van der Waals surface area (Å²) in [6, 6.07) is 3.73. The highest BCUT2D eigenvalue weighted by atomic mass is 79.9. The van der Waals surface area contributed by atoms with Crippen LogP contribution in [-0.4, -0.2) is 98.8 Å². The van der Waals surface area contributed by atoms with E-state index in [1.807, 2.05) is 35.8 Å². The smallest absolute Gasteiger partial charge is 0.236 e. The standard InChI is InChI=1S/C22H32BrN3O5/c1-3-30-19-13-17(18(23)15-20(19)31-4-2)14-21(27)25-5-7-26(8-6-25)22(28)16-24-9-11-29-12-10-24/h13,15H,3-12,14,16H2,1-2H3. The monoisotopic (exact) mass is 497 g/mol. The number of amides is 2. The molecule has 0 atom stereocenters. The molecule has 172 valence electrons. The second-order valence-electron chi connectivity index (χ2n) is 7.58. The van der Waals surface area contributed by atoms with Crippen LogP contribution >= 0.6 is 15.9 Å². The quantitative estimate of drug-likeness (QED) is 0.545. The van der Waals surface area contributed by atoms with E-state index in [0.29, 0.717) is 70.7 Å². The first-order chi connectivity index (χ1) is 15.0. The molecule has 2 aliphatic heterocycles. The molecule has 0 radical (unpaired) electrons. The topological polar surface area (TPSA) is 71.6 Å². The number of hydrogen-bond donors (Lipinski definition) is 0. The van der Waals surface area contributed by atoms with Gasteiger partial charge in [-0.3, -0.25) is 14.5 Å². The summed E-state index contributed by atoms with van der Waals surface area (Å²) in [5, 5.41) is 0. The van der Waals surface area contributed by atoms with Crippen molar-refractivity contribution >= 4 is 27.7 Å². The van der Waals surface area contributed by atoms with Crippen LogP contribution in [0.2, 0.25) is 0 Å². The van der Waals surface area contributed by atoms with Crippen molar-refractivity contribution in [3.05, 3.63) is 22.2 Å². The Morgan fingerprint density at radius 1 is 0.903 bits per heavy atom. The number of benzene rings is 1. The fourth-order valence-corrected chi connectivity index (χ4v) is 4.24. The zero-order valence-electron chi connectivity index (χ0n) is 18.4. The van der Waals surface area contributed by atoms with Gasteiger partial charge in [-0.2, -0.15) is 0 Å². The van der Waals surface area contributed by atoms with Gasteiger partial charge in [-0.1, -0.05) is 15.9 Å². The highest BCUT2D eigenvalue weighted by molar-refractivity contribution is 9.10. The van der Waals surface area contributed by atoms with Crippen LogP contribution in [-0.2, 0) is 20.7 Å². The minimum atomic E-state index is 0.0487. The number of rotatable bonds is 8. The lowest BCUT2D eigenvalue weighted by atomic mass is 10.1. The van der Waals surface area contributed by atoms with Crippen LogP contribution in [0.15, 0.2) is 16.6 Å². The van der Waals surface area contributed by atoms with Crippen molar-refractivity contribution in [1.29, 1.82) is 0 Å². The minimum absolute atomic E-state index is 0.0487. The predicted octanol–water partition coefficient (Wildman–Crippen LogP) is 1.79. The Bertz CT molecular complexity index is 762. The Balaban J connectivity index is 1.53. The molecular formula is C22H32BrN3O5. The number of nitrogens with zero attached hydrogens (tertiary/aromatic N) is 3. The summed E-state index contributed by atoms with van der Waals surface area (Å²) in [5.74, 6) is 1.49. The van der Waals surface area contributed by atoms with E-state index in [9.17, 15) is 9.59 Å². The Kier molecular flexibility index (Phi) is 8.98. The van der Waals surface area contributed by atoms with Crippen LogP contribution in [0, 0.1) is 0 Å². The molecule has 0 bridgehead atoms. The molecule has 31 heavy (non-hydrogen) atoms. The van der Waals surface area contributed by atoms with E-state index >= 15 is 0 Å². The molecule has 1 aromatic rings. The molecule has 1 aromatic carbocycles. The van der Waals surface area contributed by atoms with Crippen molar-refractivity contribution < 1.29 is 23.8 Å². The molecule has 2 heterocycles. The van der Waals surface area contributed by atoms with Crippen LogP contribution < -0.4 is 9.47 Å². The summed E-state index contributed by atoms with van der Waals surface area (Å²) in [5.41, 5.74) is 0.864. The molecule has 0 spiro atoms. The Hall–Kier alpha value is -1.84. The minimum Gasteiger partial charge on any atom is -0.490 e. The number of morpholine rings is 1. The summed E-state index contributed by atoms with van der Waals surface area (Å²) in [4.78, 5) is 31.3. The van der Waals surface area contributed by atoms with E-state index in [0.717, 1.165) is 23.1 Å². The normalized spacial score (nSPS) is 17.5. The van der Waals surface area contributed by atoms with Crippen molar-refractivity contribution in [2.75, 3.05) is 72.2 Å². The Morgan fingerprint density at radius 2 is 1.45 bits per heavy atom. The third-order valence-corrected chi connectivity index (χ3v) is 6.24. The second-order valence-corrected chi connectivity index (χ2v) is 8.44. The molecule has 3 rings (SSSR count). The van der Waals surface area contributed by atoms with Crippen molar-refractivity contribution in [3.63, 3.8) is 0 Å². The fourth-order valence-electron chi connectivity index (χ4n) is 3.78. The van der Waals surface area contributed by atoms with E-state index in [1.54, 1.807) is 0 Å². The number of piperazine rings is 1. The maximum absolute atomic E-state index is 12.9. The Morgan fingerprint density at radius 3 is 2.03 bits per heavy atom. The number of carbonyl (C=O) groups excluding carboxylic acids is 2. The fraction of sp³-hybridized carbons (Fsp3) is 0.636. The van der Waals surface area contributed by atoms with Gasteiger partial charge in [0.1, 0.15) is 0 Å². The van der Waals surface area contributed by atoms with Crippen molar-refractivity contribution in [3.8, 4) is 11.5 Å². The first kappa shape index (κ1) is 23.8. The largest absolute Gasteiger partial charge is 0.490 e. The highest BCUT2D eigenvalue weighted by Crippen LogP contribution is 2.34. The first-order valence-corrected chi connectivity index (χ1v) is 11.7. The molecule has 8 nitrogen and oxygen atoms in total. The molecule has 2 aliphatic rings. The summed E-state index contributed by atoms with van der Waals surface area (Å²) in [6.45, 7) is 10.5. The van der Waals surface area contributed by atoms with Crippen LogP contribution in [0.25, 0.3) is 0 Å². The van der Waals surface area contributed by atoms with Crippen molar-refractivity contribution in [1.82, 2.24) is 14.7 Å². The van der Waals surface area contributed by atoms with Crippen LogP contribution in [0.4, 0.5) is 0 Å².